The molecule has 0 saturated carbocycles. The second-order valence-corrected chi connectivity index (χ2v) is 6.48. The number of benzene rings is 1. The number of likely N-dealkylation sites (tertiary alicyclic amines) is 1. The molecule has 7 nitrogen and oxygen atoms in total. The molecule has 0 radical (unpaired) electrons. The van der Waals surface area contributed by atoms with Crippen LogP contribution in [0.25, 0.3) is 11.3 Å². The summed E-state index contributed by atoms with van der Waals surface area (Å²) in [6.45, 7) is 2.62. The smallest absolute Gasteiger partial charge is 0.358 e. The first kappa shape index (κ1) is 16.4. The van der Waals surface area contributed by atoms with Crippen LogP contribution in [0.5, 0.6) is 0 Å². The van der Waals surface area contributed by atoms with E-state index in [0.717, 1.165) is 37.3 Å². The molecule has 0 amide bonds. The minimum atomic E-state index is -1.04. The maximum Gasteiger partial charge on any atom is 0.358 e. The maximum absolute atomic E-state index is 11.0. The summed E-state index contributed by atoms with van der Waals surface area (Å²) in [7, 11) is 0. The molecule has 1 atom stereocenters. The van der Waals surface area contributed by atoms with Crippen LogP contribution in [-0.4, -0.2) is 49.0 Å². The van der Waals surface area contributed by atoms with Gasteiger partial charge in [-0.15, -0.1) is 5.10 Å². The summed E-state index contributed by atoms with van der Waals surface area (Å²) in [6.07, 6.45) is 4.25. The number of carboxylic acid groups (broad SMARTS) is 1. The van der Waals surface area contributed by atoms with Gasteiger partial charge >= 0.3 is 5.97 Å². The van der Waals surface area contributed by atoms with Gasteiger partial charge in [-0.25, -0.2) is 9.48 Å². The number of carboxylic acids is 1. The quantitative estimate of drug-likeness (QED) is 0.762. The molecule has 0 aliphatic carbocycles. The van der Waals surface area contributed by atoms with Crippen molar-refractivity contribution in [1.29, 1.82) is 0 Å². The van der Waals surface area contributed by atoms with Gasteiger partial charge in [0.25, 0.3) is 0 Å². The fourth-order valence-electron chi connectivity index (χ4n) is 3.35. The van der Waals surface area contributed by atoms with Crippen LogP contribution >= 0.6 is 0 Å². The molecule has 0 bridgehead atoms. The highest BCUT2D eigenvalue weighted by Gasteiger charge is 2.25. The summed E-state index contributed by atoms with van der Waals surface area (Å²) in [5, 5.41) is 16.6. The van der Waals surface area contributed by atoms with E-state index in [4.69, 9.17) is 5.11 Å². The SMILES string of the molecule is O=C(O)c1cn(C2CCN(Cc3cccc(-c4ccccn4)c3)C2)nn1. The normalized spacial score (nSPS) is 17.5. The number of carbonyl (C=O) groups is 1. The lowest BCUT2D eigenvalue weighted by Crippen LogP contribution is -2.21. The molecule has 3 heterocycles. The van der Waals surface area contributed by atoms with Gasteiger partial charge in [0, 0.05) is 31.4 Å². The lowest BCUT2D eigenvalue weighted by molar-refractivity contribution is 0.0690. The molecule has 1 aliphatic rings. The molecule has 1 saturated heterocycles. The van der Waals surface area contributed by atoms with Gasteiger partial charge in [-0.2, -0.15) is 0 Å². The summed E-state index contributed by atoms with van der Waals surface area (Å²) >= 11 is 0. The highest BCUT2D eigenvalue weighted by Crippen LogP contribution is 2.24. The largest absolute Gasteiger partial charge is 0.476 e. The first-order valence-corrected chi connectivity index (χ1v) is 8.57. The fraction of sp³-hybridized carbons (Fsp3) is 0.263. The molecule has 7 heteroatoms. The number of rotatable bonds is 5. The average molecular weight is 349 g/mol. The van der Waals surface area contributed by atoms with Crippen molar-refractivity contribution in [3.05, 3.63) is 66.1 Å². The maximum atomic E-state index is 11.0. The van der Waals surface area contributed by atoms with Crippen molar-refractivity contribution in [2.24, 2.45) is 0 Å². The Morgan fingerprint density at radius 1 is 1.23 bits per heavy atom. The van der Waals surface area contributed by atoms with Gasteiger partial charge in [-0.3, -0.25) is 9.88 Å². The third-order valence-electron chi connectivity index (χ3n) is 4.64. The Bertz CT molecular complexity index is 909. The molecule has 3 aromatic rings. The number of aromatic nitrogens is 4. The van der Waals surface area contributed by atoms with Crippen LogP contribution in [0.15, 0.2) is 54.9 Å². The Hall–Kier alpha value is -3.06. The summed E-state index contributed by atoms with van der Waals surface area (Å²) < 4.78 is 1.67. The summed E-state index contributed by atoms with van der Waals surface area (Å²) in [6, 6.07) is 14.5. The zero-order valence-corrected chi connectivity index (χ0v) is 14.2. The Morgan fingerprint density at radius 2 is 2.15 bits per heavy atom. The van der Waals surface area contributed by atoms with Crippen molar-refractivity contribution < 1.29 is 9.90 Å². The van der Waals surface area contributed by atoms with E-state index >= 15 is 0 Å². The minimum absolute atomic E-state index is 0.00786. The van der Waals surface area contributed by atoms with E-state index in [0.29, 0.717) is 0 Å². The molecule has 2 aromatic heterocycles. The van der Waals surface area contributed by atoms with Crippen molar-refractivity contribution in [3.8, 4) is 11.3 Å². The monoisotopic (exact) mass is 349 g/mol. The standard InChI is InChI=1S/C19H19N5O2/c25-19(26)18-13-24(22-21-18)16-7-9-23(12-16)11-14-4-3-5-15(10-14)17-6-1-2-8-20-17/h1-6,8,10,13,16H,7,9,11-12H2,(H,25,26). The van der Waals surface area contributed by atoms with Crippen molar-refractivity contribution in [1.82, 2.24) is 24.9 Å². The second-order valence-electron chi connectivity index (χ2n) is 6.48. The molecular weight excluding hydrogens is 330 g/mol. The third-order valence-corrected chi connectivity index (χ3v) is 4.64. The molecular formula is C19H19N5O2. The van der Waals surface area contributed by atoms with Gasteiger partial charge in [0.2, 0.25) is 0 Å². The second kappa shape index (κ2) is 7.05. The van der Waals surface area contributed by atoms with E-state index in [1.165, 1.54) is 11.8 Å². The molecule has 0 spiro atoms. The molecule has 1 unspecified atom stereocenters. The van der Waals surface area contributed by atoms with Crippen molar-refractivity contribution in [3.63, 3.8) is 0 Å². The molecule has 4 rings (SSSR count). The van der Waals surface area contributed by atoms with Gasteiger partial charge in [0.05, 0.1) is 17.9 Å². The fourth-order valence-corrected chi connectivity index (χ4v) is 3.35. The molecule has 26 heavy (non-hydrogen) atoms. The number of nitrogens with zero attached hydrogens (tertiary/aromatic N) is 5. The van der Waals surface area contributed by atoms with E-state index < -0.39 is 5.97 Å². The zero-order chi connectivity index (χ0) is 17.9. The highest BCUT2D eigenvalue weighted by atomic mass is 16.4. The third kappa shape index (κ3) is 3.48. The number of hydrogen-bond acceptors (Lipinski definition) is 5. The molecule has 1 aromatic carbocycles. The zero-order valence-electron chi connectivity index (χ0n) is 14.2. The van der Waals surface area contributed by atoms with E-state index in [-0.39, 0.29) is 11.7 Å². The lowest BCUT2D eigenvalue weighted by atomic mass is 10.1. The predicted octanol–water partition coefficient (Wildman–Crippen LogP) is 2.49. The van der Waals surface area contributed by atoms with E-state index in [1.807, 2.05) is 18.2 Å². The van der Waals surface area contributed by atoms with Crippen LogP contribution in [0.2, 0.25) is 0 Å². The first-order valence-electron chi connectivity index (χ1n) is 8.57. The van der Waals surface area contributed by atoms with Crippen LogP contribution in [0.4, 0.5) is 0 Å². The molecule has 132 valence electrons. The van der Waals surface area contributed by atoms with Gasteiger partial charge < -0.3 is 5.11 Å². The van der Waals surface area contributed by atoms with Crippen LogP contribution < -0.4 is 0 Å². The lowest BCUT2D eigenvalue weighted by Gasteiger charge is -2.16. The highest BCUT2D eigenvalue weighted by molar-refractivity contribution is 5.84. The van der Waals surface area contributed by atoms with E-state index in [1.54, 1.807) is 10.9 Å². The number of pyridine rings is 1. The minimum Gasteiger partial charge on any atom is -0.476 e. The van der Waals surface area contributed by atoms with Crippen LogP contribution in [0.3, 0.4) is 0 Å². The van der Waals surface area contributed by atoms with E-state index in [2.05, 4.69) is 44.5 Å². The summed E-state index contributed by atoms with van der Waals surface area (Å²) in [5.41, 5.74) is 3.31. The number of hydrogen-bond donors (Lipinski definition) is 1. The molecule has 1 aliphatic heterocycles. The van der Waals surface area contributed by atoms with Crippen molar-refractivity contribution in [2.45, 2.75) is 19.0 Å². The summed E-state index contributed by atoms with van der Waals surface area (Å²) in [4.78, 5) is 17.7. The predicted molar refractivity (Wildman–Crippen MR) is 95.6 cm³/mol. The Morgan fingerprint density at radius 3 is 2.92 bits per heavy atom. The van der Waals surface area contributed by atoms with Crippen LogP contribution in [0.1, 0.15) is 28.5 Å². The Kier molecular flexibility index (Phi) is 4.45. The van der Waals surface area contributed by atoms with Crippen LogP contribution in [-0.2, 0) is 6.54 Å². The van der Waals surface area contributed by atoms with Gasteiger partial charge in [-0.05, 0) is 30.2 Å². The van der Waals surface area contributed by atoms with Crippen molar-refractivity contribution >= 4 is 5.97 Å². The van der Waals surface area contributed by atoms with Gasteiger partial charge in [-0.1, -0.05) is 29.5 Å². The molecule has 1 fully saturated rings. The van der Waals surface area contributed by atoms with Crippen LogP contribution in [0, 0.1) is 0 Å². The van der Waals surface area contributed by atoms with Gasteiger partial charge in [0.1, 0.15) is 0 Å². The molecule has 1 N–H and O–H groups in total. The average Bonchev–Trinajstić information content (AvgIpc) is 3.32. The van der Waals surface area contributed by atoms with Gasteiger partial charge in [0.15, 0.2) is 5.69 Å². The Balaban J connectivity index is 1.43. The number of aromatic carboxylic acids is 1. The topological polar surface area (TPSA) is 84.1 Å². The first-order chi connectivity index (χ1) is 12.7. The van der Waals surface area contributed by atoms with Crippen molar-refractivity contribution in [2.75, 3.05) is 13.1 Å². The summed E-state index contributed by atoms with van der Waals surface area (Å²) in [5.74, 6) is -1.04. The Labute approximate surface area is 150 Å². The van der Waals surface area contributed by atoms with E-state index in [9.17, 15) is 4.79 Å².